The summed E-state index contributed by atoms with van der Waals surface area (Å²) in [5.74, 6) is 1.01. The van der Waals surface area contributed by atoms with Crippen LogP contribution in [0.3, 0.4) is 0 Å². The van der Waals surface area contributed by atoms with Gasteiger partial charge in [0.25, 0.3) is 0 Å². The van der Waals surface area contributed by atoms with Gasteiger partial charge >= 0.3 is 6.03 Å². The molecule has 11 nitrogen and oxygen atoms in total. The monoisotopic (exact) mass is 570 g/mol. The smallest absolute Gasteiger partial charge is 0.320 e. The highest BCUT2D eigenvalue weighted by Gasteiger charge is 2.25. The van der Waals surface area contributed by atoms with Crippen LogP contribution in [0, 0.1) is 6.92 Å². The molecule has 1 saturated heterocycles. The molecule has 2 aliphatic heterocycles. The number of ether oxygens (including phenoxy) is 1. The third kappa shape index (κ3) is 7.23. The van der Waals surface area contributed by atoms with Gasteiger partial charge in [-0.15, -0.1) is 0 Å². The normalized spacial score (nSPS) is 17.9. The highest BCUT2D eigenvalue weighted by molar-refractivity contribution is 5.91. The van der Waals surface area contributed by atoms with Gasteiger partial charge in [0.05, 0.1) is 30.6 Å². The van der Waals surface area contributed by atoms with Crippen molar-refractivity contribution in [1.29, 1.82) is 0 Å². The fraction of sp³-hybridized carbons (Fsp3) is 0.355. The van der Waals surface area contributed by atoms with Crippen LogP contribution >= 0.6 is 0 Å². The van der Waals surface area contributed by atoms with Crippen molar-refractivity contribution in [2.45, 2.75) is 25.3 Å². The Labute approximate surface area is 246 Å². The van der Waals surface area contributed by atoms with Gasteiger partial charge in [0.15, 0.2) is 0 Å². The molecule has 0 aliphatic carbocycles. The SMILES string of the molecule is C1=NOCC1c1ccccc1.COCCN1CC[C@H](NC(=O)Nc2c(C)c(-c3cnn(C)c3)nn2-c2ccccc2)C1. The van der Waals surface area contributed by atoms with Gasteiger partial charge < -0.3 is 14.9 Å². The molecular formula is C31H38N8O3. The Morgan fingerprint density at radius 3 is 2.55 bits per heavy atom. The van der Waals surface area contributed by atoms with Gasteiger partial charge in [0.1, 0.15) is 18.1 Å². The number of hydrogen-bond donors (Lipinski definition) is 2. The number of anilines is 1. The van der Waals surface area contributed by atoms with Crippen molar-refractivity contribution >= 4 is 18.1 Å². The quantitative estimate of drug-likeness (QED) is 0.328. The standard InChI is InChI=1S/C22H29N7O2.C9H9NO/c1-16-20(17-13-23-27(2)14-17)26-29(19-7-5-4-6-8-19)21(16)25-22(30)24-18-9-10-28(15-18)11-12-31-3;1-2-4-8(5-3-1)9-6-10-11-7-9/h4-8,13-14,18H,9-12,15H2,1-3H3,(H2,24,25,30);1-6,9H,7H2/t18-;/m0./s1. The van der Waals surface area contributed by atoms with Crippen LogP contribution in [-0.4, -0.2) is 82.7 Å². The summed E-state index contributed by atoms with van der Waals surface area (Å²) in [6.07, 6.45) is 6.47. The number of nitrogens with one attached hydrogen (secondary N) is 2. The zero-order valence-electron chi connectivity index (χ0n) is 24.3. The predicted molar refractivity (Wildman–Crippen MR) is 163 cm³/mol. The van der Waals surface area contributed by atoms with Gasteiger partial charge in [-0.25, -0.2) is 9.48 Å². The Balaban J connectivity index is 0.000000267. The van der Waals surface area contributed by atoms with E-state index < -0.39 is 0 Å². The van der Waals surface area contributed by atoms with E-state index in [2.05, 4.69) is 37.9 Å². The second-order valence-electron chi connectivity index (χ2n) is 10.4. The Morgan fingerprint density at radius 1 is 1.12 bits per heavy atom. The topological polar surface area (TPSA) is 111 Å². The maximum Gasteiger partial charge on any atom is 0.320 e. The molecule has 2 aromatic carbocycles. The molecule has 2 atom stereocenters. The highest BCUT2D eigenvalue weighted by Crippen LogP contribution is 2.30. The van der Waals surface area contributed by atoms with Gasteiger partial charge in [-0.3, -0.25) is 14.9 Å². The summed E-state index contributed by atoms with van der Waals surface area (Å²) in [5.41, 5.74) is 4.73. The summed E-state index contributed by atoms with van der Waals surface area (Å²) in [5, 5.41) is 18.9. The van der Waals surface area contributed by atoms with E-state index in [9.17, 15) is 4.79 Å². The second-order valence-corrected chi connectivity index (χ2v) is 10.4. The zero-order chi connectivity index (χ0) is 29.3. The number of likely N-dealkylation sites (tertiary alicyclic amines) is 1. The maximum atomic E-state index is 12.9. The molecule has 6 rings (SSSR count). The van der Waals surface area contributed by atoms with E-state index in [1.54, 1.807) is 22.7 Å². The minimum absolute atomic E-state index is 0.114. The van der Waals surface area contributed by atoms with Crippen molar-refractivity contribution in [2.75, 3.05) is 45.3 Å². The molecule has 2 amide bonds. The van der Waals surface area contributed by atoms with E-state index in [0.29, 0.717) is 24.9 Å². The van der Waals surface area contributed by atoms with Crippen molar-refractivity contribution in [3.8, 4) is 16.9 Å². The minimum atomic E-state index is -0.225. The van der Waals surface area contributed by atoms with E-state index in [1.165, 1.54) is 5.56 Å². The largest absolute Gasteiger partial charge is 0.395 e. The van der Waals surface area contributed by atoms with Crippen molar-refractivity contribution in [1.82, 2.24) is 29.8 Å². The molecule has 2 N–H and O–H groups in total. The zero-order valence-corrected chi connectivity index (χ0v) is 24.3. The number of aromatic nitrogens is 4. The molecule has 0 bridgehead atoms. The molecule has 0 radical (unpaired) electrons. The molecule has 2 aliphatic rings. The van der Waals surface area contributed by atoms with Crippen molar-refractivity contribution in [3.63, 3.8) is 0 Å². The van der Waals surface area contributed by atoms with Crippen LogP contribution in [-0.2, 0) is 16.6 Å². The number of carbonyl (C=O) groups is 1. The number of urea groups is 1. The van der Waals surface area contributed by atoms with Gasteiger partial charge in [0, 0.05) is 57.2 Å². The summed E-state index contributed by atoms with van der Waals surface area (Å²) in [4.78, 5) is 20.0. The molecule has 0 saturated carbocycles. The molecule has 0 spiro atoms. The Morgan fingerprint density at radius 2 is 1.88 bits per heavy atom. The molecule has 220 valence electrons. The first-order valence-electron chi connectivity index (χ1n) is 14.1. The number of amides is 2. The van der Waals surface area contributed by atoms with Gasteiger partial charge in [0.2, 0.25) is 0 Å². The first-order chi connectivity index (χ1) is 20.5. The summed E-state index contributed by atoms with van der Waals surface area (Å²) in [7, 11) is 3.58. The number of benzene rings is 2. The van der Waals surface area contributed by atoms with E-state index in [1.807, 2.05) is 74.9 Å². The summed E-state index contributed by atoms with van der Waals surface area (Å²) in [6, 6.07) is 19.9. The second kappa shape index (κ2) is 13.9. The molecule has 4 heterocycles. The number of para-hydroxylation sites is 1. The van der Waals surface area contributed by atoms with E-state index in [4.69, 9.17) is 14.7 Å². The summed E-state index contributed by atoms with van der Waals surface area (Å²) >= 11 is 0. The van der Waals surface area contributed by atoms with Crippen LogP contribution in [0.15, 0.2) is 78.2 Å². The van der Waals surface area contributed by atoms with E-state index >= 15 is 0 Å². The predicted octanol–water partition coefficient (Wildman–Crippen LogP) is 4.21. The molecule has 1 unspecified atom stereocenters. The van der Waals surface area contributed by atoms with Gasteiger partial charge in [-0.2, -0.15) is 10.2 Å². The average molecular weight is 571 g/mol. The summed E-state index contributed by atoms with van der Waals surface area (Å²) < 4.78 is 8.67. The van der Waals surface area contributed by atoms with Crippen molar-refractivity contribution in [2.24, 2.45) is 12.2 Å². The lowest BCUT2D eigenvalue weighted by Crippen LogP contribution is -2.40. The highest BCUT2D eigenvalue weighted by atomic mass is 16.6. The third-order valence-corrected chi connectivity index (χ3v) is 7.35. The molecule has 11 heteroatoms. The van der Waals surface area contributed by atoms with Gasteiger partial charge in [-0.1, -0.05) is 53.7 Å². The molecule has 42 heavy (non-hydrogen) atoms. The van der Waals surface area contributed by atoms with Crippen molar-refractivity contribution < 1.29 is 14.4 Å². The number of aryl methyl sites for hydroxylation is 1. The lowest BCUT2D eigenvalue weighted by atomic mass is 10.0. The first kappa shape index (κ1) is 29.0. The van der Waals surface area contributed by atoms with Crippen LogP contribution in [0.25, 0.3) is 16.9 Å². The maximum absolute atomic E-state index is 12.9. The van der Waals surface area contributed by atoms with Gasteiger partial charge in [-0.05, 0) is 31.0 Å². The molecule has 4 aromatic rings. The Hall–Kier alpha value is -4.48. The number of nitrogens with zero attached hydrogens (tertiary/aromatic N) is 6. The number of hydrogen-bond acceptors (Lipinski definition) is 7. The fourth-order valence-corrected chi connectivity index (χ4v) is 5.08. The number of oxime groups is 1. The van der Waals surface area contributed by atoms with E-state index in [-0.39, 0.29) is 12.1 Å². The lowest BCUT2D eigenvalue weighted by Gasteiger charge is -2.17. The van der Waals surface area contributed by atoms with Crippen LogP contribution < -0.4 is 10.6 Å². The van der Waals surface area contributed by atoms with Crippen molar-refractivity contribution in [3.05, 3.63) is 84.2 Å². The summed E-state index contributed by atoms with van der Waals surface area (Å²) in [6.45, 7) is 6.02. The Bertz CT molecular complexity index is 1470. The number of rotatable bonds is 8. The molecular weight excluding hydrogens is 532 g/mol. The van der Waals surface area contributed by atoms with Crippen LogP contribution in [0.4, 0.5) is 10.6 Å². The van der Waals surface area contributed by atoms with Crippen LogP contribution in [0.1, 0.15) is 23.5 Å². The third-order valence-electron chi connectivity index (χ3n) is 7.35. The lowest BCUT2D eigenvalue weighted by molar-refractivity contribution is 0.160. The van der Waals surface area contributed by atoms with Crippen LogP contribution in [0.5, 0.6) is 0 Å². The fourth-order valence-electron chi connectivity index (χ4n) is 5.08. The number of methoxy groups -OCH3 is 1. The molecule has 2 aromatic heterocycles. The Kier molecular flexibility index (Phi) is 9.62. The van der Waals surface area contributed by atoms with Crippen LogP contribution in [0.2, 0.25) is 0 Å². The number of carbonyl (C=O) groups excluding carboxylic acids is 1. The molecule has 1 fully saturated rings. The van der Waals surface area contributed by atoms with E-state index in [0.717, 1.165) is 48.6 Å². The average Bonchev–Trinajstić information content (AvgIpc) is 3.83. The first-order valence-corrected chi connectivity index (χ1v) is 14.1. The minimum Gasteiger partial charge on any atom is -0.395 e.